The first kappa shape index (κ1) is 17.7. The highest BCUT2D eigenvalue weighted by atomic mass is 16.4. The third-order valence-corrected chi connectivity index (χ3v) is 3.75. The van der Waals surface area contributed by atoms with Crippen LogP contribution in [-0.2, 0) is 4.79 Å². The Morgan fingerprint density at radius 1 is 1.17 bits per heavy atom. The molecule has 2 aromatic rings. The van der Waals surface area contributed by atoms with E-state index in [9.17, 15) is 9.59 Å². The van der Waals surface area contributed by atoms with Crippen LogP contribution < -0.4 is 5.32 Å². The van der Waals surface area contributed by atoms with Crippen molar-refractivity contribution in [1.82, 2.24) is 15.1 Å². The molecule has 128 valence electrons. The fraction of sp³-hybridized carbons (Fsp3) is 0.389. The van der Waals surface area contributed by atoms with E-state index in [0.717, 1.165) is 22.5 Å². The number of hydrogen-bond donors (Lipinski definition) is 2. The van der Waals surface area contributed by atoms with Crippen LogP contribution >= 0.6 is 0 Å². The van der Waals surface area contributed by atoms with E-state index in [4.69, 9.17) is 5.11 Å². The highest BCUT2D eigenvalue weighted by Gasteiger charge is 2.21. The molecule has 1 heterocycles. The van der Waals surface area contributed by atoms with Crippen LogP contribution in [0.3, 0.4) is 0 Å². The molecule has 0 aliphatic heterocycles. The second-order valence-corrected chi connectivity index (χ2v) is 6.08. The number of hydrogen-bond acceptors (Lipinski definition) is 3. The lowest BCUT2D eigenvalue weighted by Crippen LogP contribution is -2.40. The van der Waals surface area contributed by atoms with Crippen molar-refractivity contribution in [2.24, 2.45) is 0 Å². The summed E-state index contributed by atoms with van der Waals surface area (Å²) in [7, 11) is 0. The molecule has 6 nitrogen and oxygen atoms in total. The maximum absolute atomic E-state index is 12.3. The molecular formula is C18H23N3O3. The van der Waals surface area contributed by atoms with Crippen LogP contribution in [-0.4, -0.2) is 32.8 Å². The van der Waals surface area contributed by atoms with Crippen molar-refractivity contribution in [3.63, 3.8) is 0 Å². The minimum Gasteiger partial charge on any atom is -0.480 e. The SMILES string of the molecule is CCCC(NC(=O)c1cc(C)n(-c2cc(C)cc(C)c2)n1)C(=O)O. The summed E-state index contributed by atoms with van der Waals surface area (Å²) in [6.07, 6.45) is 1.06. The average Bonchev–Trinajstić information content (AvgIpc) is 2.87. The standard InChI is InChI=1S/C18H23N3O3/c1-5-6-15(18(23)24)19-17(22)16-10-13(4)21(20-16)14-8-11(2)7-12(3)9-14/h7-10,15H,5-6H2,1-4H3,(H,19,22)(H,23,24). The third-order valence-electron chi connectivity index (χ3n) is 3.75. The van der Waals surface area contributed by atoms with Crippen LogP contribution in [0.15, 0.2) is 24.3 Å². The van der Waals surface area contributed by atoms with Gasteiger partial charge in [-0.3, -0.25) is 4.79 Å². The molecule has 0 bridgehead atoms. The number of rotatable bonds is 6. The minimum atomic E-state index is -1.03. The predicted molar refractivity (Wildman–Crippen MR) is 91.6 cm³/mol. The zero-order valence-electron chi connectivity index (χ0n) is 14.5. The summed E-state index contributed by atoms with van der Waals surface area (Å²) in [5.74, 6) is -1.50. The van der Waals surface area contributed by atoms with Gasteiger partial charge in [0.15, 0.2) is 5.69 Å². The number of aliphatic carboxylic acids is 1. The summed E-state index contributed by atoms with van der Waals surface area (Å²) in [6.45, 7) is 7.75. The number of nitrogens with zero attached hydrogens (tertiary/aromatic N) is 2. The number of carboxylic acids is 1. The maximum atomic E-state index is 12.3. The number of carbonyl (C=O) groups is 2. The number of amides is 1. The maximum Gasteiger partial charge on any atom is 0.326 e. The van der Waals surface area contributed by atoms with Crippen LogP contribution in [0.2, 0.25) is 0 Å². The van der Waals surface area contributed by atoms with Gasteiger partial charge in [-0.05, 0) is 56.5 Å². The van der Waals surface area contributed by atoms with Gasteiger partial charge in [0.2, 0.25) is 0 Å². The molecule has 0 saturated heterocycles. The Morgan fingerprint density at radius 2 is 1.79 bits per heavy atom. The summed E-state index contributed by atoms with van der Waals surface area (Å²) < 4.78 is 1.70. The van der Waals surface area contributed by atoms with Gasteiger partial charge >= 0.3 is 5.97 Å². The molecule has 0 spiro atoms. The number of carboxylic acid groups (broad SMARTS) is 1. The molecule has 0 aliphatic rings. The van der Waals surface area contributed by atoms with Crippen molar-refractivity contribution in [2.75, 3.05) is 0 Å². The largest absolute Gasteiger partial charge is 0.480 e. The normalized spacial score (nSPS) is 12.0. The van der Waals surface area contributed by atoms with Crippen LogP contribution in [0, 0.1) is 20.8 Å². The quantitative estimate of drug-likeness (QED) is 0.853. The van der Waals surface area contributed by atoms with E-state index in [0.29, 0.717) is 12.8 Å². The molecule has 2 rings (SSSR count). The van der Waals surface area contributed by atoms with Crippen LogP contribution in [0.25, 0.3) is 5.69 Å². The number of aryl methyl sites for hydroxylation is 3. The molecule has 1 amide bonds. The monoisotopic (exact) mass is 329 g/mol. The molecule has 0 radical (unpaired) electrons. The molecule has 1 unspecified atom stereocenters. The molecular weight excluding hydrogens is 306 g/mol. The first-order valence-electron chi connectivity index (χ1n) is 8.00. The van der Waals surface area contributed by atoms with Crippen molar-refractivity contribution in [3.05, 3.63) is 46.8 Å². The summed E-state index contributed by atoms with van der Waals surface area (Å²) in [5, 5.41) is 16.0. The fourth-order valence-corrected chi connectivity index (χ4v) is 2.70. The predicted octanol–water partition coefficient (Wildman–Crippen LogP) is 2.78. The zero-order valence-corrected chi connectivity index (χ0v) is 14.5. The first-order chi connectivity index (χ1) is 11.3. The lowest BCUT2D eigenvalue weighted by Gasteiger charge is -2.12. The lowest BCUT2D eigenvalue weighted by atomic mass is 10.1. The molecule has 24 heavy (non-hydrogen) atoms. The average molecular weight is 329 g/mol. The number of nitrogens with one attached hydrogen (secondary N) is 1. The summed E-state index contributed by atoms with van der Waals surface area (Å²) in [6, 6.07) is 6.82. The number of aromatic nitrogens is 2. The second kappa shape index (κ2) is 7.29. The number of benzene rings is 1. The van der Waals surface area contributed by atoms with Crippen molar-refractivity contribution in [2.45, 2.75) is 46.6 Å². The third kappa shape index (κ3) is 4.01. The summed E-state index contributed by atoms with van der Waals surface area (Å²) in [5.41, 5.74) is 4.13. The van der Waals surface area contributed by atoms with E-state index < -0.39 is 17.9 Å². The summed E-state index contributed by atoms with van der Waals surface area (Å²) in [4.78, 5) is 23.5. The van der Waals surface area contributed by atoms with Gasteiger partial charge in [0.05, 0.1) is 5.69 Å². The van der Waals surface area contributed by atoms with Gasteiger partial charge in [0, 0.05) is 5.69 Å². The van der Waals surface area contributed by atoms with Crippen molar-refractivity contribution < 1.29 is 14.7 Å². The molecule has 0 saturated carbocycles. The Balaban J connectivity index is 2.27. The van der Waals surface area contributed by atoms with Crippen molar-refractivity contribution >= 4 is 11.9 Å². The molecule has 1 aromatic heterocycles. The first-order valence-corrected chi connectivity index (χ1v) is 8.00. The second-order valence-electron chi connectivity index (χ2n) is 6.08. The Kier molecular flexibility index (Phi) is 5.39. The van der Waals surface area contributed by atoms with Crippen LogP contribution in [0.1, 0.15) is 47.1 Å². The topological polar surface area (TPSA) is 84.2 Å². The van der Waals surface area contributed by atoms with E-state index in [1.54, 1.807) is 10.7 Å². The minimum absolute atomic E-state index is 0.217. The smallest absolute Gasteiger partial charge is 0.326 e. The molecule has 1 atom stereocenters. The Morgan fingerprint density at radius 3 is 2.33 bits per heavy atom. The molecule has 1 aromatic carbocycles. The van der Waals surface area contributed by atoms with Crippen LogP contribution in [0.5, 0.6) is 0 Å². The van der Waals surface area contributed by atoms with Crippen molar-refractivity contribution in [1.29, 1.82) is 0 Å². The van der Waals surface area contributed by atoms with E-state index >= 15 is 0 Å². The Hall–Kier alpha value is -2.63. The Bertz CT molecular complexity index is 745. The van der Waals surface area contributed by atoms with E-state index in [2.05, 4.69) is 16.5 Å². The highest BCUT2D eigenvalue weighted by molar-refractivity contribution is 5.95. The number of carbonyl (C=O) groups excluding carboxylic acids is 1. The van der Waals surface area contributed by atoms with Crippen LogP contribution in [0.4, 0.5) is 0 Å². The molecule has 0 aliphatic carbocycles. The van der Waals surface area contributed by atoms with Gasteiger partial charge in [-0.15, -0.1) is 0 Å². The van der Waals surface area contributed by atoms with Crippen molar-refractivity contribution in [3.8, 4) is 5.69 Å². The van der Waals surface area contributed by atoms with Gasteiger partial charge in [0.25, 0.3) is 5.91 Å². The molecule has 6 heteroatoms. The van der Waals surface area contributed by atoms with Gasteiger partial charge in [-0.1, -0.05) is 19.4 Å². The fourth-order valence-electron chi connectivity index (χ4n) is 2.70. The highest BCUT2D eigenvalue weighted by Crippen LogP contribution is 2.16. The molecule has 2 N–H and O–H groups in total. The van der Waals surface area contributed by atoms with E-state index in [1.165, 1.54) is 0 Å². The van der Waals surface area contributed by atoms with Gasteiger partial charge < -0.3 is 10.4 Å². The zero-order chi connectivity index (χ0) is 17.9. The lowest BCUT2D eigenvalue weighted by molar-refractivity contribution is -0.139. The van der Waals surface area contributed by atoms with E-state index in [1.807, 2.05) is 39.8 Å². The van der Waals surface area contributed by atoms with Gasteiger partial charge in [-0.2, -0.15) is 5.10 Å². The Labute approximate surface area is 141 Å². The summed E-state index contributed by atoms with van der Waals surface area (Å²) >= 11 is 0. The molecule has 0 fully saturated rings. The van der Waals surface area contributed by atoms with Gasteiger partial charge in [0.1, 0.15) is 6.04 Å². The van der Waals surface area contributed by atoms with E-state index in [-0.39, 0.29) is 5.69 Å². The van der Waals surface area contributed by atoms with Gasteiger partial charge in [-0.25, -0.2) is 9.48 Å².